The number of halogens is 3. The van der Waals surface area contributed by atoms with Gasteiger partial charge in [0.2, 0.25) is 0 Å². The van der Waals surface area contributed by atoms with Gasteiger partial charge in [-0.15, -0.1) is 0 Å². The minimum Gasteiger partial charge on any atom is -0.322 e. The molecule has 2 aromatic carbocycles. The molecule has 1 amide bonds. The standard InChI is InChI=1S/C32H32F3N5O/c1-4-28-29(40-14-6-5-7-30(40)37-28)13-11-23-19-24(9-8-22(23)2)31(41)36-26-12-10-25(27(20-26)32(33,34)35)21-39-17-15-38(3)16-18-39/h5-10,12,14,19-20H,4,15-18,21H2,1-3H3,(H,36,41). The molecule has 0 radical (unpaired) electrons. The first-order valence-electron chi connectivity index (χ1n) is 13.6. The van der Waals surface area contributed by atoms with Crippen LogP contribution in [0.3, 0.4) is 0 Å². The quantitative estimate of drug-likeness (QED) is 0.323. The molecule has 9 heteroatoms. The molecule has 0 saturated carbocycles. The van der Waals surface area contributed by atoms with Crippen molar-refractivity contribution in [2.24, 2.45) is 0 Å². The summed E-state index contributed by atoms with van der Waals surface area (Å²) < 4.78 is 43.9. The molecule has 41 heavy (non-hydrogen) atoms. The number of alkyl halides is 3. The Balaban J connectivity index is 1.37. The second-order valence-electron chi connectivity index (χ2n) is 10.4. The van der Waals surface area contributed by atoms with Crippen LogP contribution in [-0.4, -0.2) is 58.3 Å². The number of carbonyl (C=O) groups is 1. The summed E-state index contributed by atoms with van der Waals surface area (Å²) in [5.41, 5.74) is 3.89. The third-order valence-electron chi connectivity index (χ3n) is 7.42. The number of pyridine rings is 1. The van der Waals surface area contributed by atoms with Crippen LogP contribution in [0.2, 0.25) is 0 Å². The first kappa shape index (κ1) is 28.4. The molecule has 1 saturated heterocycles. The van der Waals surface area contributed by atoms with Crippen molar-refractivity contribution in [2.75, 3.05) is 38.5 Å². The zero-order valence-corrected chi connectivity index (χ0v) is 23.3. The number of hydrogen-bond acceptors (Lipinski definition) is 4. The topological polar surface area (TPSA) is 52.9 Å². The van der Waals surface area contributed by atoms with Gasteiger partial charge < -0.3 is 10.2 Å². The lowest BCUT2D eigenvalue weighted by atomic mass is 10.0. The number of nitrogens with one attached hydrogen (secondary N) is 1. The Morgan fingerprint density at radius 3 is 2.54 bits per heavy atom. The maximum absolute atomic E-state index is 14.0. The van der Waals surface area contributed by atoms with Crippen molar-refractivity contribution in [1.82, 2.24) is 19.2 Å². The first-order chi connectivity index (χ1) is 19.6. The average Bonchev–Trinajstić information content (AvgIpc) is 3.31. The van der Waals surface area contributed by atoms with Gasteiger partial charge in [-0.3, -0.25) is 14.1 Å². The van der Waals surface area contributed by atoms with Crippen molar-refractivity contribution < 1.29 is 18.0 Å². The number of fused-ring (bicyclic) bond motifs is 1. The van der Waals surface area contributed by atoms with Crippen LogP contribution in [0.5, 0.6) is 0 Å². The van der Waals surface area contributed by atoms with Gasteiger partial charge in [-0.25, -0.2) is 4.98 Å². The molecule has 5 rings (SSSR count). The summed E-state index contributed by atoms with van der Waals surface area (Å²) in [4.78, 5) is 21.9. The zero-order chi connectivity index (χ0) is 29.1. The summed E-state index contributed by atoms with van der Waals surface area (Å²) >= 11 is 0. The van der Waals surface area contributed by atoms with E-state index in [-0.39, 0.29) is 17.8 Å². The number of anilines is 1. The number of aromatic nitrogens is 2. The summed E-state index contributed by atoms with van der Waals surface area (Å²) in [5.74, 6) is 5.88. The van der Waals surface area contributed by atoms with Gasteiger partial charge in [0.05, 0.1) is 11.3 Å². The fraction of sp³-hybridized carbons (Fsp3) is 0.312. The van der Waals surface area contributed by atoms with E-state index in [0.29, 0.717) is 24.2 Å². The Morgan fingerprint density at radius 1 is 1.02 bits per heavy atom. The molecule has 6 nitrogen and oxygen atoms in total. The highest BCUT2D eigenvalue weighted by atomic mass is 19.4. The van der Waals surface area contributed by atoms with Gasteiger partial charge in [-0.2, -0.15) is 13.2 Å². The Bertz CT molecular complexity index is 1640. The summed E-state index contributed by atoms with van der Waals surface area (Å²) in [6.45, 7) is 7.18. The number of likely N-dealkylation sites (N-methyl/N-ethyl adjacent to an activating group) is 1. The molecule has 1 N–H and O–H groups in total. The van der Waals surface area contributed by atoms with Crippen molar-refractivity contribution in [3.8, 4) is 11.8 Å². The minimum atomic E-state index is -4.54. The number of nitrogens with zero attached hydrogens (tertiary/aromatic N) is 4. The Kier molecular flexibility index (Phi) is 8.15. The lowest BCUT2D eigenvalue weighted by molar-refractivity contribution is -0.138. The molecule has 0 bridgehead atoms. The predicted molar refractivity (Wildman–Crippen MR) is 154 cm³/mol. The van der Waals surface area contributed by atoms with Gasteiger partial charge in [-0.1, -0.05) is 31.0 Å². The van der Waals surface area contributed by atoms with Crippen molar-refractivity contribution >= 4 is 17.2 Å². The number of amides is 1. The molecule has 212 valence electrons. The molecule has 1 aliphatic rings. The highest BCUT2D eigenvalue weighted by Crippen LogP contribution is 2.34. The fourth-order valence-corrected chi connectivity index (χ4v) is 4.95. The Morgan fingerprint density at radius 2 is 1.80 bits per heavy atom. The van der Waals surface area contributed by atoms with E-state index in [2.05, 4.69) is 27.0 Å². The van der Waals surface area contributed by atoms with E-state index in [1.54, 1.807) is 18.2 Å². The van der Waals surface area contributed by atoms with Gasteiger partial charge in [0.1, 0.15) is 11.3 Å². The third kappa shape index (κ3) is 6.45. The number of hydrogen-bond donors (Lipinski definition) is 1. The minimum absolute atomic E-state index is 0.0935. The van der Waals surface area contributed by atoms with E-state index >= 15 is 0 Å². The number of piperazine rings is 1. The summed E-state index contributed by atoms with van der Waals surface area (Å²) in [7, 11) is 2.00. The second kappa shape index (κ2) is 11.8. The van der Waals surface area contributed by atoms with Crippen LogP contribution < -0.4 is 5.32 Å². The number of carbonyl (C=O) groups excluding carboxylic acids is 1. The average molecular weight is 560 g/mol. The lowest BCUT2D eigenvalue weighted by Gasteiger charge is -2.33. The van der Waals surface area contributed by atoms with Gasteiger partial charge in [-0.05, 0) is 73.8 Å². The normalized spacial score (nSPS) is 14.6. The smallest absolute Gasteiger partial charge is 0.322 e. The molecule has 3 heterocycles. The lowest BCUT2D eigenvalue weighted by Crippen LogP contribution is -2.44. The van der Waals surface area contributed by atoms with Crippen LogP contribution in [0, 0.1) is 18.8 Å². The van der Waals surface area contributed by atoms with Crippen molar-refractivity contribution in [3.63, 3.8) is 0 Å². The summed E-state index contributed by atoms with van der Waals surface area (Å²) in [6.07, 6.45) is -1.90. The van der Waals surface area contributed by atoms with Crippen molar-refractivity contribution in [1.29, 1.82) is 0 Å². The fourth-order valence-electron chi connectivity index (χ4n) is 4.95. The number of imidazole rings is 1. The van der Waals surface area contributed by atoms with Crippen LogP contribution in [0.25, 0.3) is 5.65 Å². The summed E-state index contributed by atoms with van der Waals surface area (Å²) in [6, 6.07) is 14.9. The molecule has 0 unspecified atom stereocenters. The molecule has 1 fully saturated rings. The highest BCUT2D eigenvalue weighted by molar-refractivity contribution is 6.04. The monoisotopic (exact) mass is 559 g/mol. The van der Waals surface area contributed by atoms with Gasteiger partial charge >= 0.3 is 6.18 Å². The van der Waals surface area contributed by atoms with Gasteiger partial charge in [0, 0.05) is 55.7 Å². The Labute approximate surface area is 237 Å². The van der Waals surface area contributed by atoms with E-state index < -0.39 is 17.6 Å². The van der Waals surface area contributed by atoms with E-state index in [1.807, 2.05) is 54.6 Å². The molecular weight excluding hydrogens is 527 g/mol. The molecular formula is C32H32F3N5O. The van der Waals surface area contributed by atoms with Crippen molar-refractivity contribution in [3.05, 3.63) is 100.0 Å². The molecule has 2 aromatic heterocycles. The molecule has 0 aliphatic carbocycles. The number of rotatable bonds is 5. The predicted octanol–water partition coefficient (Wildman–Crippen LogP) is 5.62. The second-order valence-corrected chi connectivity index (χ2v) is 10.4. The van der Waals surface area contributed by atoms with E-state index in [1.165, 1.54) is 12.1 Å². The number of aryl methyl sites for hydroxylation is 2. The van der Waals surface area contributed by atoms with Gasteiger partial charge in [0.15, 0.2) is 0 Å². The largest absolute Gasteiger partial charge is 0.416 e. The zero-order valence-electron chi connectivity index (χ0n) is 23.3. The van der Waals surface area contributed by atoms with E-state index in [0.717, 1.165) is 48.2 Å². The van der Waals surface area contributed by atoms with E-state index in [4.69, 9.17) is 0 Å². The molecule has 4 aromatic rings. The highest BCUT2D eigenvalue weighted by Gasteiger charge is 2.34. The number of benzene rings is 2. The maximum Gasteiger partial charge on any atom is 0.416 e. The van der Waals surface area contributed by atoms with E-state index in [9.17, 15) is 18.0 Å². The van der Waals surface area contributed by atoms with Crippen LogP contribution in [-0.2, 0) is 19.1 Å². The molecule has 0 spiro atoms. The molecule has 0 atom stereocenters. The van der Waals surface area contributed by atoms with Crippen LogP contribution in [0.1, 0.15) is 50.9 Å². The summed E-state index contributed by atoms with van der Waals surface area (Å²) in [5, 5.41) is 2.64. The third-order valence-corrected chi connectivity index (χ3v) is 7.42. The molecule has 1 aliphatic heterocycles. The maximum atomic E-state index is 14.0. The van der Waals surface area contributed by atoms with Crippen LogP contribution in [0.15, 0.2) is 60.8 Å². The Hall–Kier alpha value is -4.13. The first-order valence-corrected chi connectivity index (χ1v) is 13.6. The van der Waals surface area contributed by atoms with Crippen LogP contribution >= 0.6 is 0 Å². The van der Waals surface area contributed by atoms with Crippen molar-refractivity contribution in [2.45, 2.75) is 33.0 Å². The van der Waals surface area contributed by atoms with Crippen LogP contribution in [0.4, 0.5) is 18.9 Å². The SMILES string of the molecule is CCc1nc2ccccn2c1C#Cc1cc(C(=O)Nc2ccc(CN3CCN(C)CC3)c(C(F)(F)F)c2)ccc1C. The van der Waals surface area contributed by atoms with Gasteiger partial charge in [0.25, 0.3) is 5.91 Å².